The van der Waals surface area contributed by atoms with Crippen molar-refractivity contribution in [2.24, 2.45) is 5.41 Å². The maximum absolute atomic E-state index is 6.44. The molecule has 0 fully saturated rings. The van der Waals surface area contributed by atoms with Crippen LogP contribution in [0.15, 0.2) is 35.9 Å². The van der Waals surface area contributed by atoms with Gasteiger partial charge in [0.1, 0.15) is 0 Å². The Morgan fingerprint density at radius 1 is 0.920 bits per heavy atom. The molecule has 1 aromatic carbocycles. The molecule has 0 bridgehead atoms. The number of anilines is 2. The van der Waals surface area contributed by atoms with Gasteiger partial charge in [0.25, 0.3) is 0 Å². The van der Waals surface area contributed by atoms with Crippen LogP contribution in [0.4, 0.5) is 11.4 Å². The first-order chi connectivity index (χ1) is 11.3. The minimum absolute atomic E-state index is 0.0433. The molecule has 2 rings (SSSR count). The highest BCUT2D eigenvalue weighted by atomic mass is 14.7. The fraction of sp³-hybridized carbons (Fsp3) is 0.565. The Labute approximate surface area is 154 Å². The number of nitrogen functional groups attached to an aromatic ring is 2. The number of hydrogen-bond acceptors (Lipinski definition) is 2. The molecule has 0 aliphatic heterocycles. The molecule has 0 spiro atoms. The predicted octanol–water partition coefficient (Wildman–Crippen LogP) is 6.12. The van der Waals surface area contributed by atoms with Gasteiger partial charge in [0.15, 0.2) is 0 Å². The molecule has 138 valence electrons. The molecule has 4 N–H and O–H groups in total. The fourth-order valence-electron chi connectivity index (χ4n) is 4.24. The number of allylic oxidation sites excluding steroid dienone is 4. The summed E-state index contributed by atoms with van der Waals surface area (Å²) in [7, 11) is 0. The van der Waals surface area contributed by atoms with Crippen LogP contribution in [0, 0.1) is 5.41 Å². The SMILES string of the molecule is CC(C)(C)CC(C)(C)c1cc(N)c(N)c(C(C)(C)C2=CCCC=C2)c1. The minimum Gasteiger partial charge on any atom is -0.397 e. The van der Waals surface area contributed by atoms with Crippen LogP contribution in [0.5, 0.6) is 0 Å². The van der Waals surface area contributed by atoms with Crippen LogP contribution in [0.25, 0.3) is 0 Å². The average molecular weight is 341 g/mol. The van der Waals surface area contributed by atoms with E-state index in [1.165, 1.54) is 11.1 Å². The molecule has 2 heteroatoms. The molecule has 2 nitrogen and oxygen atoms in total. The van der Waals surface area contributed by atoms with Gasteiger partial charge < -0.3 is 11.5 Å². The van der Waals surface area contributed by atoms with Crippen molar-refractivity contribution in [3.63, 3.8) is 0 Å². The monoisotopic (exact) mass is 340 g/mol. The molecule has 0 aromatic heterocycles. The molecule has 1 aromatic rings. The van der Waals surface area contributed by atoms with E-state index in [0.717, 1.165) is 30.5 Å². The average Bonchev–Trinajstić information content (AvgIpc) is 2.48. The van der Waals surface area contributed by atoms with Crippen LogP contribution in [0.2, 0.25) is 0 Å². The van der Waals surface area contributed by atoms with E-state index in [2.05, 4.69) is 78.8 Å². The second-order valence-electron chi connectivity index (χ2n) is 9.91. The Bertz CT molecular complexity index is 698. The van der Waals surface area contributed by atoms with Crippen molar-refractivity contribution in [2.75, 3.05) is 11.5 Å². The van der Waals surface area contributed by atoms with Gasteiger partial charge in [0.05, 0.1) is 11.4 Å². The van der Waals surface area contributed by atoms with E-state index < -0.39 is 0 Å². The van der Waals surface area contributed by atoms with Crippen molar-refractivity contribution in [1.29, 1.82) is 0 Å². The van der Waals surface area contributed by atoms with E-state index in [9.17, 15) is 0 Å². The predicted molar refractivity (Wildman–Crippen MR) is 112 cm³/mol. The van der Waals surface area contributed by atoms with Crippen molar-refractivity contribution >= 4 is 11.4 Å². The zero-order valence-electron chi connectivity index (χ0n) is 17.2. The summed E-state index contributed by atoms with van der Waals surface area (Å²) in [4.78, 5) is 0. The van der Waals surface area contributed by atoms with Gasteiger partial charge in [-0.25, -0.2) is 0 Å². The van der Waals surface area contributed by atoms with Gasteiger partial charge in [0.2, 0.25) is 0 Å². The summed E-state index contributed by atoms with van der Waals surface area (Å²) >= 11 is 0. The van der Waals surface area contributed by atoms with Gasteiger partial charge in [-0.05, 0) is 52.9 Å². The Balaban J connectivity index is 2.55. The Morgan fingerprint density at radius 2 is 1.56 bits per heavy atom. The lowest BCUT2D eigenvalue weighted by molar-refractivity contribution is 0.284. The lowest BCUT2D eigenvalue weighted by Crippen LogP contribution is -2.27. The molecule has 0 unspecified atom stereocenters. The van der Waals surface area contributed by atoms with E-state index in [4.69, 9.17) is 11.5 Å². The van der Waals surface area contributed by atoms with E-state index >= 15 is 0 Å². The highest BCUT2D eigenvalue weighted by Crippen LogP contribution is 2.44. The van der Waals surface area contributed by atoms with Crippen LogP contribution in [-0.4, -0.2) is 0 Å². The summed E-state index contributed by atoms with van der Waals surface area (Å²) in [5.41, 5.74) is 18.1. The van der Waals surface area contributed by atoms with Gasteiger partial charge in [-0.2, -0.15) is 0 Å². The number of nitrogens with two attached hydrogens (primary N) is 2. The van der Waals surface area contributed by atoms with E-state index in [1.807, 2.05) is 0 Å². The lowest BCUT2D eigenvalue weighted by atomic mass is 9.69. The maximum atomic E-state index is 6.44. The zero-order valence-corrected chi connectivity index (χ0v) is 17.2. The largest absolute Gasteiger partial charge is 0.397 e. The normalized spacial score (nSPS) is 16.0. The van der Waals surface area contributed by atoms with Crippen molar-refractivity contribution in [1.82, 2.24) is 0 Å². The van der Waals surface area contributed by atoms with E-state index in [1.54, 1.807) is 0 Å². The number of benzene rings is 1. The summed E-state index contributed by atoms with van der Waals surface area (Å²) < 4.78 is 0. The first-order valence-corrected chi connectivity index (χ1v) is 9.42. The third kappa shape index (κ3) is 4.29. The van der Waals surface area contributed by atoms with Crippen LogP contribution >= 0.6 is 0 Å². The van der Waals surface area contributed by atoms with Crippen molar-refractivity contribution in [3.05, 3.63) is 47.1 Å². The topological polar surface area (TPSA) is 52.0 Å². The van der Waals surface area contributed by atoms with Crippen molar-refractivity contribution in [2.45, 2.75) is 78.6 Å². The summed E-state index contributed by atoms with van der Waals surface area (Å²) in [6.07, 6.45) is 10.1. The molecule has 25 heavy (non-hydrogen) atoms. The second kappa shape index (κ2) is 6.55. The molecular weight excluding hydrogens is 304 g/mol. The highest BCUT2D eigenvalue weighted by molar-refractivity contribution is 5.72. The van der Waals surface area contributed by atoms with Gasteiger partial charge in [-0.15, -0.1) is 0 Å². The van der Waals surface area contributed by atoms with Gasteiger partial charge in [-0.3, -0.25) is 0 Å². The van der Waals surface area contributed by atoms with Crippen LogP contribution in [-0.2, 0) is 10.8 Å². The number of rotatable bonds is 4. The smallest absolute Gasteiger partial charge is 0.0589 e. The maximum Gasteiger partial charge on any atom is 0.0589 e. The highest BCUT2D eigenvalue weighted by Gasteiger charge is 2.32. The molecule has 0 saturated carbocycles. The van der Waals surface area contributed by atoms with Crippen LogP contribution in [0.3, 0.4) is 0 Å². The van der Waals surface area contributed by atoms with Crippen LogP contribution < -0.4 is 11.5 Å². The molecule has 0 saturated heterocycles. The number of hydrogen-bond donors (Lipinski definition) is 2. The lowest BCUT2D eigenvalue weighted by Gasteiger charge is -2.36. The zero-order chi connectivity index (χ0) is 19.0. The Hall–Kier alpha value is -1.70. The molecule has 0 heterocycles. The first-order valence-electron chi connectivity index (χ1n) is 9.42. The summed E-state index contributed by atoms with van der Waals surface area (Å²) in [5.74, 6) is 0. The standard InChI is InChI=1S/C23H36N2/c1-21(2,3)15-22(4,5)17-13-18(20(25)19(24)14-17)23(6,7)16-11-9-8-10-12-16/h9,11-14H,8,10,15,24-25H2,1-7H3. The van der Waals surface area contributed by atoms with E-state index in [-0.39, 0.29) is 16.2 Å². The fourth-order valence-corrected chi connectivity index (χ4v) is 4.24. The quantitative estimate of drug-likeness (QED) is 0.649. The third-order valence-corrected chi connectivity index (χ3v) is 5.36. The Kier molecular flexibility index (Phi) is 5.14. The first kappa shape index (κ1) is 19.6. The molecule has 0 radical (unpaired) electrons. The summed E-state index contributed by atoms with van der Waals surface area (Å²) in [6, 6.07) is 4.37. The Morgan fingerprint density at radius 3 is 2.08 bits per heavy atom. The summed E-state index contributed by atoms with van der Waals surface area (Å²) in [5, 5.41) is 0. The third-order valence-electron chi connectivity index (χ3n) is 5.36. The minimum atomic E-state index is -0.150. The summed E-state index contributed by atoms with van der Waals surface area (Å²) in [6.45, 7) is 16.0. The van der Waals surface area contributed by atoms with Gasteiger partial charge >= 0.3 is 0 Å². The molecule has 1 aliphatic rings. The van der Waals surface area contributed by atoms with Crippen molar-refractivity contribution in [3.8, 4) is 0 Å². The molecule has 0 atom stereocenters. The second-order valence-corrected chi connectivity index (χ2v) is 9.91. The molecular formula is C23H36N2. The molecule has 1 aliphatic carbocycles. The van der Waals surface area contributed by atoms with E-state index in [0.29, 0.717) is 5.69 Å². The van der Waals surface area contributed by atoms with Crippen molar-refractivity contribution < 1.29 is 0 Å². The molecule has 0 amide bonds. The van der Waals surface area contributed by atoms with Gasteiger partial charge in [-0.1, -0.05) is 72.8 Å². The van der Waals surface area contributed by atoms with Crippen LogP contribution in [0.1, 0.15) is 78.9 Å². The van der Waals surface area contributed by atoms with Gasteiger partial charge in [0, 0.05) is 5.41 Å².